The highest BCUT2D eigenvalue weighted by molar-refractivity contribution is 7.89. The minimum Gasteiger partial charge on any atom is -0.481 e. The van der Waals surface area contributed by atoms with Gasteiger partial charge in [0.1, 0.15) is 10.7 Å². The fourth-order valence-corrected chi connectivity index (χ4v) is 3.76. The predicted octanol–water partition coefficient (Wildman–Crippen LogP) is 1.14. The number of aromatic nitrogens is 1. The van der Waals surface area contributed by atoms with Gasteiger partial charge < -0.3 is 5.11 Å². The quantitative estimate of drug-likeness (QED) is 0.869. The molecule has 6 nitrogen and oxygen atoms in total. The molecule has 2 rings (SSSR count). The molecule has 8 heteroatoms. The second-order valence-electron chi connectivity index (χ2n) is 5.13. The summed E-state index contributed by atoms with van der Waals surface area (Å²) in [5.74, 6) is -1.81. The number of aliphatic carboxylic acids is 1. The first kappa shape index (κ1) is 14.9. The van der Waals surface area contributed by atoms with Gasteiger partial charge in [-0.2, -0.15) is 0 Å². The van der Waals surface area contributed by atoms with Crippen molar-refractivity contribution in [2.45, 2.75) is 37.1 Å². The van der Waals surface area contributed by atoms with Crippen molar-refractivity contribution < 1.29 is 22.7 Å². The number of nitrogens with zero attached hydrogens (tertiary/aromatic N) is 1. The average molecular weight is 302 g/mol. The molecular formula is C12H15FN2O4S. The van der Waals surface area contributed by atoms with Gasteiger partial charge in [-0.05, 0) is 25.8 Å². The molecule has 2 unspecified atom stereocenters. The number of nitrogens with one attached hydrogen (secondary N) is 1. The first-order valence-corrected chi connectivity index (χ1v) is 7.60. The zero-order chi connectivity index (χ0) is 15.0. The van der Waals surface area contributed by atoms with Crippen molar-refractivity contribution >= 4 is 16.0 Å². The molecule has 2 atom stereocenters. The third-order valence-corrected chi connectivity index (χ3v) is 5.17. The van der Waals surface area contributed by atoms with E-state index in [0.29, 0.717) is 19.3 Å². The number of halogens is 1. The average Bonchev–Trinajstić information content (AvgIpc) is 2.72. The maximum atomic E-state index is 13.0. The fourth-order valence-electron chi connectivity index (χ4n) is 2.41. The van der Waals surface area contributed by atoms with Crippen molar-refractivity contribution in [1.82, 2.24) is 9.71 Å². The molecule has 1 aromatic rings. The van der Waals surface area contributed by atoms with Crippen molar-refractivity contribution in [2.24, 2.45) is 5.41 Å². The molecule has 0 spiro atoms. The Balaban J connectivity index is 2.27. The number of rotatable bonds is 4. The van der Waals surface area contributed by atoms with Crippen LogP contribution >= 0.6 is 0 Å². The van der Waals surface area contributed by atoms with Crippen LogP contribution in [0.5, 0.6) is 0 Å². The molecule has 2 N–H and O–H groups in total. The van der Waals surface area contributed by atoms with Crippen LogP contribution in [0.15, 0.2) is 23.4 Å². The number of carboxylic acids is 1. The molecule has 1 aliphatic rings. The largest absolute Gasteiger partial charge is 0.481 e. The highest BCUT2D eigenvalue weighted by atomic mass is 32.2. The van der Waals surface area contributed by atoms with E-state index < -0.39 is 33.3 Å². The number of sulfonamides is 1. The summed E-state index contributed by atoms with van der Waals surface area (Å²) >= 11 is 0. The van der Waals surface area contributed by atoms with E-state index in [1.807, 2.05) is 0 Å². The smallest absolute Gasteiger partial charge is 0.310 e. The van der Waals surface area contributed by atoms with Crippen LogP contribution < -0.4 is 4.72 Å². The van der Waals surface area contributed by atoms with Gasteiger partial charge in [0.25, 0.3) is 0 Å². The highest BCUT2D eigenvalue weighted by Gasteiger charge is 2.46. The van der Waals surface area contributed by atoms with Gasteiger partial charge in [0.05, 0.1) is 11.6 Å². The summed E-state index contributed by atoms with van der Waals surface area (Å²) in [6.45, 7) is 1.51. The first-order chi connectivity index (χ1) is 9.25. The van der Waals surface area contributed by atoms with Crippen LogP contribution in [-0.4, -0.2) is 30.5 Å². The lowest BCUT2D eigenvalue weighted by molar-refractivity contribution is -0.148. The van der Waals surface area contributed by atoms with Crippen LogP contribution in [0.3, 0.4) is 0 Å². The summed E-state index contributed by atoms with van der Waals surface area (Å²) in [6.07, 6.45) is 3.38. The third kappa shape index (κ3) is 2.66. The van der Waals surface area contributed by atoms with E-state index >= 15 is 0 Å². The second kappa shape index (κ2) is 5.10. The summed E-state index contributed by atoms with van der Waals surface area (Å²) in [4.78, 5) is 14.5. The second-order valence-corrected chi connectivity index (χ2v) is 6.84. The summed E-state index contributed by atoms with van der Waals surface area (Å²) in [6, 6.07) is 0.135. The molecule has 20 heavy (non-hydrogen) atoms. The Morgan fingerprint density at radius 1 is 1.55 bits per heavy atom. The van der Waals surface area contributed by atoms with E-state index in [2.05, 4.69) is 9.71 Å². The number of carboxylic acid groups (broad SMARTS) is 1. The molecule has 0 bridgehead atoms. The molecule has 0 saturated heterocycles. The van der Waals surface area contributed by atoms with Crippen LogP contribution in [0, 0.1) is 11.2 Å². The van der Waals surface area contributed by atoms with Crippen molar-refractivity contribution in [3.8, 4) is 0 Å². The van der Waals surface area contributed by atoms with Gasteiger partial charge in [0, 0.05) is 12.2 Å². The Labute approximate surface area is 116 Å². The van der Waals surface area contributed by atoms with E-state index in [9.17, 15) is 22.7 Å². The van der Waals surface area contributed by atoms with Gasteiger partial charge >= 0.3 is 5.97 Å². The zero-order valence-electron chi connectivity index (χ0n) is 10.8. The van der Waals surface area contributed by atoms with Gasteiger partial charge in [-0.3, -0.25) is 9.78 Å². The van der Waals surface area contributed by atoms with Gasteiger partial charge in [0.2, 0.25) is 10.0 Å². The lowest BCUT2D eigenvalue weighted by atomic mass is 9.85. The van der Waals surface area contributed by atoms with Crippen molar-refractivity contribution in [3.05, 3.63) is 24.3 Å². The van der Waals surface area contributed by atoms with Crippen LogP contribution in [0.25, 0.3) is 0 Å². The molecule has 1 aromatic heterocycles. The van der Waals surface area contributed by atoms with Gasteiger partial charge in [-0.25, -0.2) is 17.5 Å². The zero-order valence-corrected chi connectivity index (χ0v) is 11.7. The van der Waals surface area contributed by atoms with Crippen molar-refractivity contribution in [3.63, 3.8) is 0 Å². The third-order valence-electron chi connectivity index (χ3n) is 3.73. The molecule has 1 fully saturated rings. The molecular weight excluding hydrogens is 287 g/mol. The Bertz CT molecular complexity index is 634. The monoisotopic (exact) mass is 302 g/mol. The standard InChI is InChI=1S/C12H15FN2O4S/c1-12(11(16)17)4-2-3-10(12)15-20(18,19)9-5-8(13)6-14-7-9/h5-7,10,15H,2-4H2,1H3,(H,16,17). The van der Waals surface area contributed by atoms with E-state index in [1.54, 1.807) is 0 Å². The molecule has 0 aromatic carbocycles. The maximum absolute atomic E-state index is 13.0. The predicted molar refractivity (Wildman–Crippen MR) is 67.9 cm³/mol. The maximum Gasteiger partial charge on any atom is 0.310 e. The van der Waals surface area contributed by atoms with E-state index in [1.165, 1.54) is 6.92 Å². The van der Waals surface area contributed by atoms with Crippen LogP contribution in [0.4, 0.5) is 4.39 Å². The minimum atomic E-state index is -3.99. The van der Waals surface area contributed by atoms with Crippen molar-refractivity contribution in [2.75, 3.05) is 0 Å². The van der Waals surface area contributed by atoms with E-state index in [0.717, 1.165) is 18.5 Å². The van der Waals surface area contributed by atoms with E-state index in [4.69, 9.17) is 0 Å². The first-order valence-electron chi connectivity index (χ1n) is 6.12. The summed E-state index contributed by atoms with van der Waals surface area (Å²) < 4.78 is 39.7. The van der Waals surface area contributed by atoms with Gasteiger partial charge in [-0.1, -0.05) is 6.42 Å². The highest BCUT2D eigenvalue weighted by Crippen LogP contribution is 2.38. The topological polar surface area (TPSA) is 96.4 Å². The Hall–Kier alpha value is -1.54. The lowest BCUT2D eigenvalue weighted by Gasteiger charge is -2.27. The number of hydrogen-bond donors (Lipinski definition) is 2. The van der Waals surface area contributed by atoms with Gasteiger partial charge in [0.15, 0.2) is 0 Å². The molecule has 0 amide bonds. The van der Waals surface area contributed by atoms with Crippen LogP contribution in [0.1, 0.15) is 26.2 Å². The molecule has 0 aliphatic heterocycles. The summed E-state index contributed by atoms with van der Waals surface area (Å²) in [5.41, 5.74) is -1.15. The minimum absolute atomic E-state index is 0.308. The Morgan fingerprint density at radius 2 is 2.25 bits per heavy atom. The number of pyridine rings is 1. The fraction of sp³-hybridized carbons (Fsp3) is 0.500. The Morgan fingerprint density at radius 3 is 2.85 bits per heavy atom. The molecule has 1 heterocycles. The van der Waals surface area contributed by atoms with Crippen molar-refractivity contribution in [1.29, 1.82) is 0 Å². The molecule has 1 aliphatic carbocycles. The summed E-state index contributed by atoms with van der Waals surface area (Å²) in [7, 11) is -3.99. The Kier molecular flexibility index (Phi) is 3.79. The van der Waals surface area contributed by atoms with Crippen LogP contribution in [0.2, 0.25) is 0 Å². The number of hydrogen-bond acceptors (Lipinski definition) is 4. The normalized spacial score (nSPS) is 26.6. The molecule has 0 radical (unpaired) electrons. The molecule has 110 valence electrons. The van der Waals surface area contributed by atoms with Crippen LogP contribution in [-0.2, 0) is 14.8 Å². The lowest BCUT2D eigenvalue weighted by Crippen LogP contribution is -2.46. The summed E-state index contributed by atoms with van der Waals surface area (Å²) in [5, 5.41) is 9.25. The number of carbonyl (C=O) groups is 1. The van der Waals surface area contributed by atoms with E-state index in [-0.39, 0.29) is 4.90 Å². The SMILES string of the molecule is CC1(C(=O)O)CCCC1NS(=O)(=O)c1cncc(F)c1. The molecule has 1 saturated carbocycles. The van der Waals surface area contributed by atoms with Gasteiger partial charge in [-0.15, -0.1) is 0 Å².